The van der Waals surface area contributed by atoms with E-state index in [2.05, 4.69) is 19.8 Å². The Morgan fingerprint density at radius 3 is 2.10 bits per heavy atom. The Labute approximate surface area is 283 Å². The maximum atomic E-state index is 12.8. The molecule has 11 nitrogen and oxygen atoms in total. The number of amides is 2. The van der Waals surface area contributed by atoms with E-state index in [0.29, 0.717) is 29.3 Å². The first kappa shape index (κ1) is 32.5. The SMILES string of the molecule is CC(C)(C)OC(=O)N1CC(N2CCC(N3CCC([C@@H]4CCNc5c(C(N)=O)c(-c6ccc(Oc7ccccc7)cc6)nn54)CC3)CC2)C1. The van der Waals surface area contributed by atoms with Gasteiger partial charge in [0.2, 0.25) is 0 Å². The molecule has 3 fully saturated rings. The maximum Gasteiger partial charge on any atom is 0.410 e. The van der Waals surface area contributed by atoms with Crippen molar-refractivity contribution >= 4 is 17.8 Å². The van der Waals surface area contributed by atoms with Gasteiger partial charge in [-0.25, -0.2) is 9.48 Å². The summed E-state index contributed by atoms with van der Waals surface area (Å²) in [5, 5.41) is 8.50. The quantitative estimate of drug-likeness (QED) is 0.338. The number of piperidine rings is 2. The Balaban J connectivity index is 0.947. The molecule has 0 spiro atoms. The molecule has 2 aromatic carbocycles. The van der Waals surface area contributed by atoms with Crippen LogP contribution in [0.25, 0.3) is 11.3 Å². The van der Waals surface area contributed by atoms with Gasteiger partial charge in [-0.1, -0.05) is 18.2 Å². The normalized spacial score (nSPS) is 21.6. The standard InChI is InChI=1S/C37H49N7O4/c1-37(2,3)48-36(46)43-23-28(24-43)42-21-16-27(17-22-42)41-19-14-25(15-20-41)31-13-18-39-35-32(34(38)45)33(40-44(31)35)26-9-11-30(12-10-26)47-29-7-5-4-6-8-29/h4-12,25,27-28,31,39H,13-24H2,1-3H3,(H2,38,45)/t31-/m0/s1. The number of ether oxygens (including phenoxy) is 2. The van der Waals surface area contributed by atoms with Crippen LogP contribution in [-0.2, 0) is 4.74 Å². The number of rotatable bonds is 7. The molecule has 256 valence electrons. The van der Waals surface area contributed by atoms with E-state index in [1.807, 2.05) is 80.3 Å². The topological polar surface area (TPSA) is 118 Å². The van der Waals surface area contributed by atoms with Crippen molar-refractivity contribution in [3.8, 4) is 22.8 Å². The molecule has 1 atom stereocenters. The predicted molar refractivity (Wildman–Crippen MR) is 185 cm³/mol. The highest BCUT2D eigenvalue weighted by Crippen LogP contribution is 2.41. The van der Waals surface area contributed by atoms with Gasteiger partial charge < -0.3 is 30.3 Å². The second-order valence-electron chi connectivity index (χ2n) is 14.8. The lowest BCUT2D eigenvalue weighted by atomic mass is 9.85. The highest BCUT2D eigenvalue weighted by atomic mass is 16.6. The molecule has 5 heterocycles. The van der Waals surface area contributed by atoms with Crippen molar-refractivity contribution in [2.75, 3.05) is 51.1 Å². The molecule has 4 aliphatic heterocycles. The third-order valence-corrected chi connectivity index (χ3v) is 10.5. The Morgan fingerprint density at radius 2 is 1.46 bits per heavy atom. The number of likely N-dealkylation sites (tertiary alicyclic amines) is 3. The van der Waals surface area contributed by atoms with E-state index in [-0.39, 0.29) is 12.1 Å². The summed E-state index contributed by atoms with van der Waals surface area (Å²) in [4.78, 5) is 32.2. The van der Waals surface area contributed by atoms with E-state index in [1.165, 1.54) is 12.8 Å². The third kappa shape index (κ3) is 6.89. The van der Waals surface area contributed by atoms with Crippen LogP contribution in [0.5, 0.6) is 11.5 Å². The summed E-state index contributed by atoms with van der Waals surface area (Å²) in [6.45, 7) is 12.4. The van der Waals surface area contributed by atoms with Crippen LogP contribution in [0.4, 0.5) is 10.6 Å². The summed E-state index contributed by atoms with van der Waals surface area (Å²) < 4.78 is 13.6. The van der Waals surface area contributed by atoms with Gasteiger partial charge in [0.25, 0.3) is 5.91 Å². The summed E-state index contributed by atoms with van der Waals surface area (Å²) in [5.74, 6) is 2.26. The third-order valence-electron chi connectivity index (χ3n) is 10.5. The summed E-state index contributed by atoms with van der Waals surface area (Å²) in [5.41, 5.74) is 7.43. The number of anilines is 1. The summed E-state index contributed by atoms with van der Waals surface area (Å²) in [6.07, 6.45) is 5.35. The molecule has 1 aromatic heterocycles. The summed E-state index contributed by atoms with van der Waals surface area (Å²) >= 11 is 0. The number of primary amides is 1. The number of nitrogens with zero attached hydrogens (tertiary/aromatic N) is 5. The molecule has 0 unspecified atom stereocenters. The molecule has 4 aliphatic rings. The van der Waals surface area contributed by atoms with E-state index >= 15 is 0 Å². The lowest BCUT2D eigenvalue weighted by molar-refractivity contribution is -0.0264. The Morgan fingerprint density at radius 1 is 0.833 bits per heavy atom. The molecule has 0 radical (unpaired) electrons. The average molecular weight is 656 g/mol. The number of nitrogens with two attached hydrogens (primary N) is 1. The number of aromatic nitrogens is 2. The van der Waals surface area contributed by atoms with Crippen LogP contribution in [-0.4, -0.2) is 100.0 Å². The smallest absolute Gasteiger partial charge is 0.410 e. The minimum absolute atomic E-state index is 0.196. The van der Waals surface area contributed by atoms with Crippen LogP contribution < -0.4 is 15.8 Å². The molecule has 3 aromatic rings. The maximum absolute atomic E-state index is 12.8. The fourth-order valence-electron chi connectivity index (χ4n) is 7.93. The zero-order valence-corrected chi connectivity index (χ0v) is 28.4. The zero-order valence-electron chi connectivity index (χ0n) is 28.4. The van der Waals surface area contributed by atoms with E-state index in [9.17, 15) is 9.59 Å². The van der Waals surface area contributed by atoms with Crippen LogP contribution in [0.15, 0.2) is 54.6 Å². The Hall–Kier alpha value is -4.09. The van der Waals surface area contributed by atoms with Crippen molar-refractivity contribution in [3.05, 3.63) is 60.2 Å². The summed E-state index contributed by atoms with van der Waals surface area (Å²) in [7, 11) is 0. The first-order valence-electron chi connectivity index (χ1n) is 17.6. The van der Waals surface area contributed by atoms with Crippen LogP contribution >= 0.6 is 0 Å². The molecule has 7 rings (SSSR count). The molecule has 0 saturated carbocycles. The van der Waals surface area contributed by atoms with Crippen molar-refractivity contribution in [3.63, 3.8) is 0 Å². The Bertz CT molecular complexity index is 1580. The number of carbonyl (C=O) groups excluding carboxylic acids is 2. The zero-order chi connectivity index (χ0) is 33.4. The second kappa shape index (κ2) is 13.4. The van der Waals surface area contributed by atoms with E-state index in [4.69, 9.17) is 20.3 Å². The van der Waals surface area contributed by atoms with Crippen molar-refractivity contribution in [1.82, 2.24) is 24.5 Å². The monoisotopic (exact) mass is 655 g/mol. The largest absolute Gasteiger partial charge is 0.457 e. The number of para-hydroxylation sites is 1. The molecule has 48 heavy (non-hydrogen) atoms. The molecule has 0 bridgehead atoms. The van der Waals surface area contributed by atoms with Gasteiger partial charge in [-0.3, -0.25) is 9.69 Å². The van der Waals surface area contributed by atoms with Gasteiger partial charge in [0.1, 0.15) is 34.2 Å². The van der Waals surface area contributed by atoms with Crippen molar-refractivity contribution in [2.24, 2.45) is 11.7 Å². The summed E-state index contributed by atoms with van der Waals surface area (Å²) in [6, 6.07) is 18.7. The number of benzene rings is 2. The van der Waals surface area contributed by atoms with Crippen LogP contribution in [0.2, 0.25) is 0 Å². The molecular formula is C37H49N7O4. The highest BCUT2D eigenvalue weighted by molar-refractivity contribution is 6.03. The number of fused-ring (bicyclic) bond motifs is 1. The van der Waals surface area contributed by atoms with Gasteiger partial charge in [-0.05, 0) is 108 Å². The van der Waals surface area contributed by atoms with Crippen LogP contribution in [0, 0.1) is 5.92 Å². The molecular weight excluding hydrogens is 606 g/mol. The van der Waals surface area contributed by atoms with Gasteiger partial charge in [-0.2, -0.15) is 5.10 Å². The minimum Gasteiger partial charge on any atom is -0.457 e. The first-order valence-corrected chi connectivity index (χ1v) is 17.6. The van der Waals surface area contributed by atoms with Gasteiger partial charge in [0.05, 0.1) is 6.04 Å². The van der Waals surface area contributed by atoms with Gasteiger partial charge in [-0.15, -0.1) is 0 Å². The van der Waals surface area contributed by atoms with E-state index in [1.54, 1.807) is 0 Å². The molecule has 2 amide bonds. The fourth-order valence-corrected chi connectivity index (χ4v) is 7.93. The van der Waals surface area contributed by atoms with Crippen molar-refractivity contribution < 1.29 is 19.1 Å². The average Bonchev–Trinajstić information content (AvgIpc) is 3.45. The van der Waals surface area contributed by atoms with E-state index < -0.39 is 11.5 Å². The number of hydrogen-bond donors (Lipinski definition) is 2. The highest BCUT2D eigenvalue weighted by Gasteiger charge is 2.40. The molecule has 0 aliphatic carbocycles. The lowest BCUT2D eigenvalue weighted by Crippen LogP contribution is -2.63. The van der Waals surface area contributed by atoms with Crippen molar-refractivity contribution in [1.29, 1.82) is 0 Å². The van der Waals surface area contributed by atoms with Gasteiger partial charge in [0.15, 0.2) is 0 Å². The molecule has 11 heteroatoms. The minimum atomic E-state index is -0.468. The van der Waals surface area contributed by atoms with Gasteiger partial charge >= 0.3 is 6.09 Å². The number of carbonyl (C=O) groups is 2. The second-order valence-corrected chi connectivity index (χ2v) is 14.8. The first-order chi connectivity index (χ1) is 23.1. The fraction of sp³-hybridized carbons (Fsp3) is 0.541. The molecule has 3 saturated heterocycles. The predicted octanol–water partition coefficient (Wildman–Crippen LogP) is 5.59. The van der Waals surface area contributed by atoms with Crippen molar-refractivity contribution in [2.45, 2.75) is 76.6 Å². The van der Waals surface area contributed by atoms with Crippen LogP contribution in [0.3, 0.4) is 0 Å². The Kier molecular flexibility index (Phi) is 9.08. The van der Waals surface area contributed by atoms with Crippen LogP contribution in [0.1, 0.15) is 69.3 Å². The lowest BCUT2D eigenvalue weighted by Gasteiger charge is -2.49. The van der Waals surface area contributed by atoms with Gasteiger partial charge in [0, 0.05) is 50.4 Å². The number of hydrogen-bond acceptors (Lipinski definition) is 8. The molecule has 3 N–H and O–H groups in total. The van der Waals surface area contributed by atoms with E-state index in [0.717, 1.165) is 88.0 Å². The number of nitrogens with one attached hydrogen (secondary N) is 1.